The van der Waals surface area contributed by atoms with Crippen molar-refractivity contribution in [2.75, 3.05) is 0 Å². The molecule has 0 bridgehead atoms. The summed E-state index contributed by atoms with van der Waals surface area (Å²) in [6.07, 6.45) is -9.81. The standard InChI is InChI=1S/C19H11Br2F6N/c20-8-10-1-2-17-16(3-10)15(7-14(9-21)28-17)11-4-12(18(22,23)24)6-13(5-11)19(25,26)27/h1-7H,8-9H2. The lowest BCUT2D eigenvalue weighted by Crippen LogP contribution is -2.11. The van der Waals surface area contributed by atoms with Crippen molar-refractivity contribution in [1.82, 2.24) is 4.98 Å². The van der Waals surface area contributed by atoms with Crippen molar-refractivity contribution in [3.05, 3.63) is 64.8 Å². The first-order chi connectivity index (χ1) is 13.0. The van der Waals surface area contributed by atoms with Crippen LogP contribution in [0.5, 0.6) is 0 Å². The number of halogens is 8. The summed E-state index contributed by atoms with van der Waals surface area (Å²) < 4.78 is 79.4. The highest BCUT2D eigenvalue weighted by molar-refractivity contribution is 9.08. The van der Waals surface area contributed by atoms with E-state index in [0.717, 1.165) is 17.7 Å². The van der Waals surface area contributed by atoms with Gasteiger partial charge in [-0.15, -0.1) is 0 Å². The van der Waals surface area contributed by atoms with Crippen molar-refractivity contribution in [2.24, 2.45) is 0 Å². The van der Waals surface area contributed by atoms with Crippen LogP contribution in [0.25, 0.3) is 22.0 Å². The van der Waals surface area contributed by atoms with Crippen molar-refractivity contribution < 1.29 is 26.3 Å². The minimum atomic E-state index is -4.90. The van der Waals surface area contributed by atoms with Crippen LogP contribution in [0.3, 0.4) is 0 Å². The van der Waals surface area contributed by atoms with E-state index in [4.69, 9.17) is 0 Å². The van der Waals surface area contributed by atoms with Crippen LogP contribution in [0, 0.1) is 0 Å². The van der Waals surface area contributed by atoms with Gasteiger partial charge in [0.05, 0.1) is 22.3 Å². The molecule has 0 saturated carbocycles. The van der Waals surface area contributed by atoms with Gasteiger partial charge in [-0.25, -0.2) is 0 Å². The van der Waals surface area contributed by atoms with Gasteiger partial charge in [0, 0.05) is 16.0 Å². The van der Waals surface area contributed by atoms with Gasteiger partial charge in [0.1, 0.15) is 0 Å². The number of pyridine rings is 1. The number of hydrogen-bond donors (Lipinski definition) is 0. The molecular weight excluding hydrogens is 516 g/mol. The molecule has 0 atom stereocenters. The first-order valence-corrected chi connectivity index (χ1v) is 10.1. The Morgan fingerprint density at radius 1 is 0.750 bits per heavy atom. The third-order valence-electron chi connectivity index (χ3n) is 4.12. The van der Waals surface area contributed by atoms with E-state index in [0.29, 0.717) is 27.3 Å². The second-order valence-electron chi connectivity index (χ2n) is 6.07. The molecule has 0 amide bonds. The summed E-state index contributed by atoms with van der Waals surface area (Å²) >= 11 is 6.54. The smallest absolute Gasteiger partial charge is 0.252 e. The molecule has 3 rings (SSSR count). The maximum Gasteiger partial charge on any atom is 0.416 e. The van der Waals surface area contributed by atoms with E-state index >= 15 is 0 Å². The fourth-order valence-electron chi connectivity index (χ4n) is 2.83. The normalized spacial score (nSPS) is 12.6. The molecule has 9 heteroatoms. The van der Waals surface area contributed by atoms with E-state index in [9.17, 15) is 26.3 Å². The van der Waals surface area contributed by atoms with Crippen LogP contribution >= 0.6 is 31.9 Å². The van der Waals surface area contributed by atoms with Crippen LogP contribution in [-0.2, 0) is 23.0 Å². The molecular formula is C19H11Br2F6N. The predicted octanol–water partition coefficient (Wildman–Crippen LogP) is 7.73. The fourth-order valence-corrected chi connectivity index (χ4v) is 3.46. The predicted molar refractivity (Wildman–Crippen MR) is 102 cm³/mol. The lowest BCUT2D eigenvalue weighted by Gasteiger charge is -2.16. The maximum atomic E-state index is 13.2. The van der Waals surface area contributed by atoms with Crippen molar-refractivity contribution in [3.63, 3.8) is 0 Å². The van der Waals surface area contributed by atoms with Gasteiger partial charge in [-0.2, -0.15) is 26.3 Å². The molecule has 148 valence electrons. The van der Waals surface area contributed by atoms with Gasteiger partial charge < -0.3 is 0 Å². The maximum absolute atomic E-state index is 13.2. The molecule has 0 aliphatic heterocycles. The monoisotopic (exact) mass is 525 g/mol. The first kappa shape index (κ1) is 21.1. The minimum absolute atomic E-state index is 0.127. The largest absolute Gasteiger partial charge is 0.416 e. The molecule has 0 aliphatic rings. The molecule has 3 aromatic rings. The Bertz CT molecular complexity index is 995. The Morgan fingerprint density at radius 2 is 1.36 bits per heavy atom. The quantitative estimate of drug-likeness (QED) is 0.251. The van der Waals surface area contributed by atoms with E-state index in [-0.39, 0.29) is 17.2 Å². The van der Waals surface area contributed by atoms with Crippen LogP contribution < -0.4 is 0 Å². The van der Waals surface area contributed by atoms with E-state index in [1.165, 1.54) is 6.07 Å². The molecule has 1 nitrogen and oxygen atoms in total. The van der Waals surface area contributed by atoms with Gasteiger partial charge in [0.15, 0.2) is 0 Å². The third kappa shape index (κ3) is 4.35. The van der Waals surface area contributed by atoms with Crippen LogP contribution in [0.1, 0.15) is 22.4 Å². The number of benzene rings is 2. The highest BCUT2D eigenvalue weighted by atomic mass is 79.9. The van der Waals surface area contributed by atoms with Crippen molar-refractivity contribution in [1.29, 1.82) is 0 Å². The summed E-state index contributed by atoms with van der Waals surface area (Å²) in [5, 5.41) is 1.27. The summed E-state index contributed by atoms with van der Waals surface area (Å²) in [5.41, 5.74) is -0.784. The minimum Gasteiger partial charge on any atom is -0.252 e. The highest BCUT2D eigenvalue weighted by Crippen LogP contribution is 2.40. The summed E-state index contributed by atoms with van der Waals surface area (Å²) in [6, 6.07) is 8.30. The van der Waals surface area contributed by atoms with E-state index < -0.39 is 23.5 Å². The number of nitrogens with zero attached hydrogens (tertiary/aromatic N) is 1. The van der Waals surface area contributed by atoms with E-state index in [1.807, 2.05) is 0 Å². The van der Waals surface area contributed by atoms with Crippen molar-refractivity contribution >= 4 is 42.8 Å². The van der Waals surface area contributed by atoms with E-state index in [1.54, 1.807) is 18.2 Å². The summed E-state index contributed by atoms with van der Waals surface area (Å²) in [7, 11) is 0. The van der Waals surface area contributed by atoms with Gasteiger partial charge in [-0.3, -0.25) is 4.98 Å². The Morgan fingerprint density at radius 3 is 1.86 bits per heavy atom. The molecule has 1 aromatic heterocycles. The molecule has 0 fully saturated rings. The number of aromatic nitrogens is 1. The Kier molecular flexibility index (Phi) is 5.78. The molecule has 2 aromatic carbocycles. The molecule has 0 spiro atoms. The number of hydrogen-bond acceptors (Lipinski definition) is 1. The lowest BCUT2D eigenvalue weighted by molar-refractivity contribution is -0.143. The molecule has 0 aliphatic carbocycles. The fraction of sp³-hybridized carbons (Fsp3) is 0.211. The average molecular weight is 527 g/mol. The highest BCUT2D eigenvalue weighted by Gasteiger charge is 2.37. The van der Waals surface area contributed by atoms with Crippen LogP contribution in [0.15, 0.2) is 42.5 Å². The third-order valence-corrected chi connectivity index (χ3v) is 5.34. The molecule has 0 N–H and O–H groups in total. The summed E-state index contributed by atoms with van der Waals surface area (Å²) in [6.45, 7) is 0. The Labute approximate surface area is 173 Å². The molecule has 28 heavy (non-hydrogen) atoms. The number of alkyl halides is 8. The molecule has 1 heterocycles. The van der Waals surface area contributed by atoms with Gasteiger partial charge in [-0.05, 0) is 53.1 Å². The van der Waals surface area contributed by atoms with Gasteiger partial charge >= 0.3 is 12.4 Å². The average Bonchev–Trinajstić information content (AvgIpc) is 2.64. The Hall–Kier alpha value is -1.61. The number of rotatable bonds is 3. The SMILES string of the molecule is FC(F)(F)c1cc(-c2cc(CBr)nc3ccc(CBr)cc23)cc(C(F)(F)F)c1. The lowest BCUT2D eigenvalue weighted by atomic mass is 9.95. The molecule has 0 unspecified atom stereocenters. The topological polar surface area (TPSA) is 12.9 Å². The van der Waals surface area contributed by atoms with Crippen molar-refractivity contribution in [2.45, 2.75) is 23.0 Å². The second-order valence-corrected chi connectivity index (χ2v) is 7.20. The molecule has 0 saturated heterocycles. The zero-order valence-corrected chi connectivity index (χ0v) is 17.1. The van der Waals surface area contributed by atoms with Gasteiger partial charge in [0.25, 0.3) is 0 Å². The van der Waals surface area contributed by atoms with Crippen LogP contribution in [0.2, 0.25) is 0 Å². The first-order valence-electron chi connectivity index (χ1n) is 7.87. The summed E-state index contributed by atoms with van der Waals surface area (Å²) in [5.74, 6) is 0. The zero-order valence-electron chi connectivity index (χ0n) is 13.9. The molecule has 0 radical (unpaired) electrons. The van der Waals surface area contributed by atoms with E-state index in [2.05, 4.69) is 36.8 Å². The Balaban J connectivity index is 2.37. The van der Waals surface area contributed by atoms with Gasteiger partial charge in [0.2, 0.25) is 0 Å². The van der Waals surface area contributed by atoms with Crippen LogP contribution in [0.4, 0.5) is 26.3 Å². The zero-order chi connectivity index (χ0) is 20.7. The van der Waals surface area contributed by atoms with Gasteiger partial charge in [-0.1, -0.05) is 37.9 Å². The summed E-state index contributed by atoms with van der Waals surface area (Å²) in [4.78, 5) is 4.39. The number of fused-ring (bicyclic) bond motifs is 1. The van der Waals surface area contributed by atoms with Crippen molar-refractivity contribution in [3.8, 4) is 11.1 Å². The second kappa shape index (κ2) is 7.67. The van der Waals surface area contributed by atoms with Crippen LogP contribution in [-0.4, -0.2) is 4.98 Å².